The highest BCUT2D eigenvalue weighted by Crippen LogP contribution is 2.29. The SMILES string of the molecule is CN=c1scc(-c2cccs2)n1N=Cc1ccc(OCc2ccc(F)cc2)c(OC)c1. The van der Waals surface area contributed by atoms with Gasteiger partial charge in [-0.3, -0.25) is 4.99 Å². The molecule has 0 saturated heterocycles. The van der Waals surface area contributed by atoms with E-state index in [0.29, 0.717) is 18.1 Å². The summed E-state index contributed by atoms with van der Waals surface area (Å²) in [6.45, 7) is 0.320. The third-order valence-corrected chi connectivity index (χ3v) is 6.27. The van der Waals surface area contributed by atoms with E-state index in [2.05, 4.69) is 21.5 Å². The summed E-state index contributed by atoms with van der Waals surface area (Å²) in [6, 6.07) is 15.9. The molecule has 2 heterocycles. The van der Waals surface area contributed by atoms with Gasteiger partial charge in [0, 0.05) is 12.4 Å². The van der Waals surface area contributed by atoms with Crippen LogP contribution in [0.3, 0.4) is 0 Å². The van der Waals surface area contributed by atoms with Gasteiger partial charge in [0.2, 0.25) is 4.80 Å². The van der Waals surface area contributed by atoms with Gasteiger partial charge >= 0.3 is 0 Å². The normalized spacial score (nSPS) is 11.9. The molecule has 31 heavy (non-hydrogen) atoms. The van der Waals surface area contributed by atoms with Gasteiger partial charge in [0.15, 0.2) is 11.5 Å². The molecule has 0 amide bonds. The van der Waals surface area contributed by atoms with Gasteiger partial charge in [0.25, 0.3) is 0 Å². The summed E-state index contributed by atoms with van der Waals surface area (Å²) in [5.41, 5.74) is 2.74. The van der Waals surface area contributed by atoms with Crippen molar-refractivity contribution in [3.8, 4) is 22.1 Å². The first-order valence-corrected chi connectivity index (χ1v) is 11.2. The van der Waals surface area contributed by atoms with Crippen LogP contribution in [0, 0.1) is 5.82 Å². The molecule has 0 aliphatic heterocycles. The van der Waals surface area contributed by atoms with Crippen molar-refractivity contribution in [1.29, 1.82) is 0 Å². The number of thiazole rings is 1. The Morgan fingerprint density at radius 2 is 1.90 bits per heavy atom. The van der Waals surface area contributed by atoms with Gasteiger partial charge < -0.3 is 9.47 Å². The lowest BCUT2D eigenvalue weighted by atomic mass is 10.2. The first-order valence-electron chi connectivity index (χ1n) is 9.45. The molecule has 0 unspecified atom stereocenters. The van der Waals surface area contributed by atoms with Crippen LogP contribution in [0.5, 0.6) is 11.5 Å². The fourth-order valence-corrected chi connectivity index (χ4v) is 4.50. The number of methoxy groups -OCH3 is 1. The number of ether oxygens (including phenoxy) is 2. The number of benzene rings is 2. The van der Waals surface area contributed by atoms with E-state index >= 15 is 0 Å². The minimum Gasteiger partial charge on any atom is -0.493 e. The van der Waals surface area contributed by atoms with Gasteiger partial charge in [-0.15, -0.1) is 22.7 Å². The van der Waals surface area contributed by atoms with E-state index < -0.39 is 0 Å². The van der Waals surface area contributed by atoms with Crippen LogP contribution in [-0.2, 0) is 6.61 Å². The van der Waals surface area contributed by atoms with Gasteiger partial charge in [-0.1, -0.05) is 18.2 Å². The van der Waals surface area contributed by atoms with Crippen molar-refractivity contribution in [3.05, 3.63) is 87.1 Å². The summed E-state index contributed by atoms with van der Waals surface area (Å²) in [5.74, 6) is 0.936. The summed E-state index contributed by atoms with van der Waals surface area (Å²) in [7, 11) is 3.35. The Kier molecular flexibility index (Phi) is 6.59. The van der Waals surface area contributed by atoms with Crippen molar-refractivity contribution in [1.82, 2.24) is 4.68 Å². The Hall–Kier alpha value is -3.23. The van der Waals surface area contributed by atoms with E-state index in [1.165, 1.54) is 12.1 Å². The molecule has 0 atom stereocenters. The molecule has 0 spiro atoms. The average Bonchev–Trinajstić information content (AvgIpc) is 3.47. The fraction of sp³-hybridized carbons (Fsp3) is 0.130. The molecule has 8 heteroatoms. The van der Waals surface area contributed by atoms with Gasteiger partial charge in [-0.05, 0) is 52.9 Å². The van der Waals surface area contributed by atoms with Crippen LogP contribution in [0.2, 0.25) is 0 Å². The predicted octanol–water partition coefficient (Wildman–Crippen LogP) is 5.42. The van der Waals surface area contributed by atoms with Crippen LogP contribution in [0.15, 0.2) is 75.5 Å². The maximum atomic E-state index is 13.1. The summed E-state index contributed by atoms with van der Waals surface area (Å²) in [5, 5.41) is 8.75. The zero-order valence-corrected chi connectivity index (χ0v) is 18.6. The smallest absolute Gasteiger partial charge is 0.205 e. The highest BCUT2D eigenvalue weighted by atomic mass is 32.1. The standard InChI is InChI=1S/C23H20FN3O2S2/c1-25-23-27(19(15-31-23)22-4-3-11-30-22)26-13-17-7-10-20(21(12-17)28-2)29-14-16-5-8-18(24)9-6-16/h3-13,15H,14H2,1-2H3. The largest absolute Gasteiger partial charge is 0.493 e. The molecule has 0 aliphatic rings. The number of thiophene rings is 1. The van der Waals surface area contributed by atoms with Crippen molar-refractivity contribution >= 4 is 28.9 Å². The zero-order valence-electron chi connectivity index (χ0n) is 17.0. The molecule has 0 fully saturated rings. The lowest BCUT2D eigenvalue weighted by Crippen LogP contribution is -2.11. The molecule has 0 aliphatic carbocycles. The maximum absolute atomic E-state index is 13.1. The number of hydrogen-bond donors (Lipinski definition) is 0. The van der Waals surface area contributed by atoms with Crippen molar-refractivity contribution in [3.63, 3.8) is 0 Å². The summed E-state index contributed by atoms with van der Waals surface area (Å²) < 4.78 is 26.2. The van der Waals surface area contributed by atoms with Crippen LogP contribution < -0.4 is 14.3 Å². The molecule has 0 saturated carbocycles. The summed E-state index contributed by atoms with van der Waals surface area (Å²) in [4.78, 5) is 6.26. The molecular formula is C23H20FN3O2S2. The molecule has 4 rings (SSSR count). The van der Waals surface area contributed by atoms with Gasteiger partial charge in [0.05, 0.1) is 23.9 Å². The number of nitrogens with zero attached hydrogens (tertiary/aromatic N) is 3. The maximum Gasteiger partial charge on any atom is 0.205 e. The first-order chi connectivity index (χ1) is 15.2. The Morgan fingerprint density at radius 3 is 2.61 bits per heavy atom. The number of halogens is 1. The first kappa shape index (κ1) is 21.0. The van der Waals surface area contributed by atoms with E-state index in [4.69, 9.17) is 9.47 Å². The Labute approximate surface area is 187 Å². The Morgan fingerprint density at radius 1 is 1.06 bits per heavy atom. The van der Waals surface area contributed by atoms with Crippen LogP contribution in [0.25, 0.3) is 10.6 Å². The second-order valence-corrected chi connectivity index (χ2v) is 8.27. The Bertz CT molecular complexity index is 1240. The van der Waals surface area contributed by atoms with E-state index in [0.717, 1.165) is 26.5 Å². The second-order valence-electron chi connectivity index (χ2n) is 6.49. The van der Waals surface area contributed by atoms with E-state index in [9.17, 15) is 4.39 Å². The molecule has 0 radical (unpaired) electrons. The third-order valence-electron chi connectivity index (χ3n) is 4.47. The number of hydrogen-bond acceptors (Lipinski definition) is 6. The highest BCUT2D eigenvalue weighted by Gasteiger charge is 2.09. The third kappa shape index (κ3) is 4.92. The molecule has 2 aromatic heterocycles. The molecule has 4 aromatic rings. The number of rotatable bonds is 7. The van der Waals surface area contributed by atoms with Crippen molar-refractivity contribution in [2.75, 3.05) is 14.2 Å². The lowest BCUT2D eigenvalue weighted by Gasteiger charge is -2.11. The Balaban J connectivity index is 1.55. The van der Waals surface area contributed by atoms with Gasteiger partial charge in [-0.2, -0.15) is 5.10 Å². The van der Waals surface area contributed by atoms with Crippen LogP contribution in [0.1, 0.15) is 11.1 Å². The molecule has 0 bridgehead atoms. The van der Waals surface area contributed by atoms with E-state index in [-0.39, 0.29) is 5.82 Å². The molecule has 2 aromatic carbocycles. The molecular weight excluding hydrogens is 433 g/mol. The summed E-state index contributed by atoms with van der Waals surface area (Å²) >= 11 is 3.21. The minimum atomic E-state index is -0.269. The van der Waals surface area contributed by atoms with Crippen molar-refractivity contribution in [2.45, 2.75) is 6.61 Å². The fourth-order valence-electron chi connectivity index (χ4n) is 2.91. The van der Waals surface area contributed by atoms with E-state index in [1.807, 2.05) is 34.3 Å². The van der Waals surface area contributed by atoms with Gasteiger partial charge in [0.1, 0.15) is 12.4 Å². The lowest BCUT2D eigenvalue weighted by molar-refractivity contribution is 0.284. The summed E-state index contributed by atoms with van der Waals surface area (Å²) in [6.07, 6.45) is 1.77. The van der Waals surface area contributed by atoms with Crippen LogP contribution >= 0.6 is 22.7 Å². The highest BCUT2D eigenvalue weighted by molar-refractivity contribution is 7.14. The monoisotopic (exact) mass is 453 g/mol. The predicted molar refractivity (Wildman–Crippen MR) is 124 cm³/mol. The second kappa shape index (κ2) is 9.72. The van der Waals surface area contributed by atoms with Crippen LogP contribution in [0.4, 0.5) is 4.39 Å². The molecule has 0 N–H and O–H groups in total. The average molecular weight is 454 g/mol. The quantitative estimate of drug-likeness (QED) is 0.351. The zero-order chi connectivity index (χ0) is 21.6. The van der Waals surface area contributed by atoms with Crippen molar-refractivity contribution < 1.29 is 13.9 Å². The molecule has 5 nitrogen and oxygen atoms in total. The van der Waals surface area contributed by atoms with E-state index in [1.54, 1.807) is 55.2 Å². The topological polar surface area (TPSA) is 48.1 Å². The van der Waals surface area contributed by atoms with Crippen molar-refractivity contribution in [2.24, 2.45) is 10.1 Å². The minimum absolute atomic E-state index is 0.269. The van der Waals surface area contributed by atoms with Crippen LogP contribution in [-0.4, -0.2) is 25.0 Å². The number of aromatic nitrogens is 1. The van der Waals surface area contributed by atoms with Gasteiger partial charge in [-0.25, -0.2) is 9.07 Å². The molecule has 158 valence electrons.